The van der Waals surface area contributed by atoms with Gasteiger partial charge in [-0.25, -0.2) is 0 Å². The molecule has 1 unspecified atom stereocenters. The van der Waals surface area contributed by atoms with E-state index in [1.54, 1.807) is 0 Å². The maximum absolute atomic E-state index is 13.3. The molecule has 0 aromatic carbocycles. The molecule has 1 aliphatic heterocycles. The van der Waals surface area contributed by atoms with E-state index in [0.717, 1.165) is 32.0 Å². The highest BCUT2D eigenvalue weighted by atomic mass is 16.7. The fourth-order valence-corrected chi connectivity index (χ4v) is 12.5. The van der Waals surface area contributed by atoms with Crippen LogP contribution in [0.5, 0.6) is 0 Å². The molecule has 5 fully saturated rings. The van der Waals surface area contributed by atoms with Gasteiger partial charge in [0.1, 0.15) is 6.07 Å². The number of nitrogens with zero attached hydrogens (tertiary/aromatic N) is 1. The Hall–Kier alpha value is -1.18. The van der Waals surface area contributed by atoms with Crippen molar-refractivity contribution in [2.24, 2.45) is 62.6 Å². The van der Waals surface area contributed by atoms with Gasteiger partial charge in [-0.05, 0) is 128 Å². The van der Waals surface area contributed by atoms with Gasteiger partial charge in [-0.1, -0.05) is 54.5 Å². The highest BCUT2D eigenvalue weighted by Gasteiger charge is 2.71. The van der Waals surface area contributed by atoms with E-state index in [1.165, 1.54) is 57.8 Å². The van der Waals surface area contributed by atoms with Crippen LogP contribution in [0.15, 0.2) is 11.6 Å². The molecule has 0 spiro atoms. The molecule has 0 N–H and O–H groups in total. The van der Waals surface area contributed by atoms with Crippen LogP contribution in [-0.4, -0.2) is 25.3 Å². The van der Waals surface area contributed by atoms with Crippen LogP contribution in [0.1, 0.15) is 119 Å². The van der Waals surface area contributed by atoms with E-state index >= 15 is 0 Å². The van der Waals surface area contributed by atoms with E-state index in [4.69, 9.17) is 9.47 Å². The summed E-state index contributed by atoms with van der Waals surface area (Å²) in [5, 5.41) is 9.99. The Morgan fingerprint density at radius 3 is 2.40 bits per heavy atom. The quantitative estimate of drug-likeness (QED) is 0.353. The number of ether oxygens (including phenoxy) is 2. The van der Waals surface area contributed by atoms with Crippen LogP contribution in [0, 0.1) is 73.9 Å². The molecule has 6 aliphatic rings. The Morgan fingerprint density at radius 2 is 1.73 bits per heavy atom. The minimum absolute atomic E-state index is 0.00264. The summed E-state index contributed by atoms with van der Waals surface area (Å²) >= 11 is 0. The molecule has 0 aromatic rings. The van der Waals surface area contributed by atoms with Crippen molar-refractivity contribution in [2.75, 3.05) is 13.2 Å². The third-order valence-corrected chi connectivity index (χ3v) is 14.7. The van der Waals surface area contributed by atoms with Gasteiger partial charge in [-0.2, -0.15) is 5.26 Å². The summed E-state index contributed by atoms with van der Waals surface area (Å²) in [5.41, 5.74) is 0.605. The van der Waals surface area contributed by atoms with Gasteiger partial charge in [-0.15, -0.1) is 0 Å². The zero-order valence-corrected chi connectivity index (χ0v) is 26.5. The number of rotatable bonds is 4. The van der Waals surface area contributed by atoms with Gasteiger partial charge < -0.3 is 9.47 Å². The Labute approximate surface area is 244 Å². The smallest absolute Gasteiger partial charge is 0.178 e. The zero-order valence-electron chi connectivity index (χ0n) is 26.5. The number of fused-ring (bicyclic) bond motifs is 7. The standard InChI is InChI=1S/C36H55NO3/c1-23(2)25-13-16-36(22-40-29-10-8-9-19-39-29)18-17-34(6)26(30(25)36)11-12-28-33(5)20-24(21-37)31(38)32(3,4)27(33)14-15-35(28,34)7/h20,23,25-30H,8-19,22H2,1-7H3/t25-,26+,27-,28+,29?,30+,33-,34+,35+,36+/m0/s1. The maximum Gasteiger partial charge on any atom is 0.178 e. The molecular weight excluding hydrogens is 494 g/mol. The fourth-order valence-electron chi connectivity index (χ4n) is 12.5. The average Bonchev–Trinajstić information content (AvgIpc) is 3.31. The maximum atomic E-state index is 13.3. The molecule has 4 nitrogen and oxygen atoms in total. The van der Waals surface area contributed by atoms with Gasteiger partial charge in [0.15, 0.2) is 12.1 Å². The predicted molar refractivity (Wildman–Crippen MR) is 158 cm³/mol. The van der Waals surface area contributed by atoms with Crippen molar-refractivity contribution in [3.8, 4) is 6.07 Å². The number of allylic oxidation sites excluding steroid dienone is 2. The van der Waals surface area contributed by atoms with E-state index in [0.29, 0.717) is 35.2 Å². The Morgan fingerprint density at radius 1 is 0.950 bits per heavy atom. The summed E-state index contributed by atoms with van der Waals surface area (Å²) < 4.78 is 12.7. The topological polar surface area (TPSA) is 59.3 Å². The number of carbonyl (C=O) groups is 1. The van der Waals surface area contributed by atoms with Crippen molar-refractivity contribution in [2.45, 2.75) is 125 Å². The number of hydrogen-bond donors (Lipinski definition) is 0. The fraction of sp³-hybridized carbons (Fsp3) is 0.889. The predicted octanol–water partition coefficient (Wildman–Crippen LogP) is 8.51. The summed E-state index contributed by atoms with van der Waals surface area (Å²) in [5.74, 6) is 3.78. The van der Waals surface area contributed by atoms with Gasteiger partial charge in [0.2, 0.25) is 0 Å². The first-order valence-corrected chi connectivity index (χ1v) is 16.7. The molecule has 0 radical (unpaired) electrons. The van der Waals surface area contributed by atoms with E-state index in [9.17, 15) is 10.1 Å². The van der Waals surface area contributed by atoms with Crippen molar-refractivity contribution in [3.63, 3.8) is 0 Å². The van der Waals surface area contributed by atoms with Crippen LogP contribution < -0.4 is 0 Å². The summed E-state index contributed by atoms with van der Waals surface area (Å²) in [7, 11) is 0. The Bertz CT molecular complexity index is 1100. The molecule has 6 rings (SSSR count). The number of nitriles is 1. The lowest BCUT2D eigenvalue weighted by atomic mass is 9.32. The van der Waals surface area contributed by atoms with Gasteiger partial charge >= 0.3 is 0 Å². The zero-order chi connectivity index (χ0) is 28.7. The molecule has 0 bridgehead atoms. The molecule has 10 atom stereocenters. The first-order chi connectivity index (χ1) is 18.8. The SMILES string of the molecule is CC(C)[C@@H]1CC[C@]2(COC3CCCCO3)CC[C@]3(C)[C@H](CC[C@@H]4[C@@]5(C)C=C(C#N)C(=O)C(C)(C)[C@@H]5CC[C@]43C)[C@@H]12. The van der Waals surface area contributed by atoms with E-state index in [-0.39, 0.29) is 33.7 Å². The van der Waals surface area contributed by atoms with Gasteiger partial charge in [0.05, 0.1) is 12.2 Å². The van der Waals surface area contributed by atoms with Crippen molar-refractivity contribution in [3.05, 3.63) is 11.6 Å². The average molecular weight is 550 g/mol. The minimum atomic E-state index is -0.470. The Balaban J connectivity index is 1.35. The summed E-state index contributed by atoms with van der Waals surface area (Å²) in [6.07, 6.45) is 15.6. The minimum Gasteiger partial charge on any atom is -0.353 e. The van der Waals surface area contributed by atoms with Crippen LogP contribution in [0.4, 0.5) is 0 Å². The monoisotopic (exact) mass is 549 g/mol. The molecule has 5 aliphatic carbocycles. The van der Waals surface area contributed by atoms with Crippen LogP contribution in [-0.2, 0) is 14.3 Å². The normalized spacial score (nSPS) is 49.8. The Kier molecular flexibility index (Phi) is 6.99. The number of hydrogen-bond acceptors (Lipinski definition) is 4. The lowest BCUT2D eigenvalue weighted by molar-refractivity contribution is -0.238. The van der Waals surface area contributed by atoms with E-state index < -0.39 is 5.41 Å². The first kappa shape index (κ1) is 28.9. The van der Waals surface area contributed by atoms with Crippen LogP contribution >= 0.6 is 0 Å². The molecule has 222 valence electrons. The lowest BCUT2D eigenvalue weighted by Gasteiger charge is -2.71. The lowest BCUT2D eigenvalue weighted by Crippen LogP contribution is -2.66. The second-order valence-corrected chi connectivity index (χ2v) is 16.7. The van der Waals surface area contributed by atoms with Gasteiger partial charge in [-0.3, -0.25) is 4.79 Å². The molecule has 1 heterocycles. The van der Waals surface area contributed by atoms with Gasteiger partial charge in [0, 0.05) is 12.0 Å². The molecule has 0 aromatic heterocycles. The largest absolute Gasteiger partial charge is 0.353 e. The third-order valence-electron chi connectivity index (χ3n) is 14.7. The number of Topliss-reactive ketones (excluding diaryl/α,β-unsaturated/α-hetero) is 1. The molecule has 0 amide bonds. The molecule has 1 saturated heterocycles. The summed E-state index contributed by atoms with van der Waals surface area (Å²) in [4.78, 5) is 13.3. The first-order valence-electron chi connectivity index (χ1n) is 16.7. The van der Waals surface area contributed by atoms with E-state index in [2.05, 4.69) is 60.6 Å². The number of carbonyl (C=O) groups excluding carboxylic acids is 1. The summed E-state index contributed by atoms with van der Waals surface area (Å²) in [6, 6.07) is 2.32. The van der Waals surface area contributed by atoms with Crippen molar-refractivity contribution in [1.29, 1.82) is 5.26 Å². The highest BCUT2D eigenvalue weighted by Crippen LogP contribution is 2.77. The number of ketones is 1. The second kappa shape index (κ2) is 9.67. The van der Waals surface area contributed by atoms with Crippen molar-refractivity contribution in [1.82, 2.24) is 0 Å². The third kappa shape index (κ3) is 3.85. The van der Waals surface area contributed by atoms with Crippen molar-refractivity contribution >= 4 is 5.78 Å². The molecule has 40 heavy (non-hydrogen) atoms. The highest BCUT2D eigenvalue weighted by molar-refractivity contribution is 6.04. The summed E-state index contributed by atoms with van der Waals surface area (Å²) in [6.45, 7) is 18.6. The molecule has 4 heteroatoms. The van der Waals surface area contributed by atoms with Crippen LogP contribution in [0.3, 0.4) is 0 Å². The van der Waals surface area contributed by atoms with Gasteiger partial charge in [0.25, 0.3) is 0 Å². The molecular formula is C36H55NO3. The van der Waals surface area contributed by atoms with Crippen molar-refractivity contribution < 1.29 is 14.3 Å². The second-order valence-electron chi connectivity index (χ2n) is 16.7. The molecule has 4 saturated carbocycles. The van der Waals surface area contributed by atoms with Crippen LogP contribution in [0.25, 0.3) is 0 Å². The van der Waals surface area contributed by atoms with Crippen LogP contribution in [0.2, 0.25) is 0 Å². The van der Waals surface area contributed by atoms with E-state index in [1.807, 2.05) is 0 Å².